The molecular formula is C8H9N3O2. The van der Waals surface area contributed by atoms with Crippen LogP contribution in [-0.2, 0) is 9.63 Å². The molecule has 0 saturated carbocycles. The number of hydrogen-bond acceptors (Lipinski definition) is 4. The second kappa shape index (κ2) is 3.02. The summed E-state index contributed by atoms with van der Waals surface area (Å²) in [6.45, 7) is 0.204. The third kappa shape index (κ3) is 1.33. The van der Waals surface area contributed by atoms with Gasteiger partial charge in [-0.2, -0.15) is 0 Å². The van der Waals surface area contributed by atoms with E-state index >= 15 is 0 Å². The minimum atomic E-state index is -0.118. The Hall–Kier alpha value is -1.62. The Balaban J connectivity index is 2.42. The van der Waals surface area contributed by atoms with Crippen molar-refractivity contribution in [1.82, 2.24) is 4.98 Å². The van der Waals surface area contributed by atoms with Gasteiger partial charge in [-0.05, 0) is 12.1 Å². The Labute approximate surface area is 75.3 Å². The van der Waals surface area contributed by atoms with E-state index in [0.29, 0.717) is 5.82 Å². The Morgan fingerprint density at radius 3 is 3.31 bits per heavy atom. The predicted octanol–water partition coefficient (Wildman–Crippen LogP) is 0.401. The first-order valence-corrected chi connectivity index (χ1v) is 3.88. The topological polar surface area (TPSA) is 54.5 Å². The van der Waals surface area contributed by atoms with E-state index in [2.05, 4.69) is 10.3 Å². The molecule has 0 unspecified atom stereocenters. The molecule has 1 amide bonds. The van der Waals surface area contributed by atoms with Gasteiger partial charge in [-0.15, -0.1) is 0 Å². The molecule has 68 valence electrons. The number of carbonyl (C=O) groups is 1. The molecule has 5 nitrogen and oxygen atoms in total. The van der Waals surface area contributed by atoms with Crippen molar-refractivity contribution in [3.8, 4) is 0 Å². The highest BCUT2D eigenvalue weighted by molar-refractivity contribution is 5.99. The third-order valence-corrected chi connectivity index (χ3v) is 1.82. The van der Waals surface area contributed by atoms with Crippen LogP contribution in [0.1, 0.15) is 0 Å². The number of rotatable bonds is 1. The summed E-state index contributed by atoms with van der Waals surface area (Å²) in [5, 5.41) is 4.15. The zero-order valence-corrected chi connectivity index (χ0v) is 7.15. The molecule has 1 aromatic rings. The second-order valence-corrected chi connectivity index (χ2v) is 2.64. The molecule has 5 heteroatoms. The van der Waals surface area contributed by atoms with Crippen molar-refractivity contribution in [1.29, 1.82) is 0 Å². The largest absolute Gasteiger partial charge is 0.307 e. The maximum absolute atomic E-state index is 11.1. The maximum Gasteiger partial charge on any atom is 0.247 e. The highest BCUT2D eigenvalue weighted by atomic mass is 16.7. The van der Waals surface area contributed by atoms with Gasteiger partial charge >= 0.3 is 0 Å². The van der Waals surface area contributed by atoms with Crippen molar-refractivity contribution in [2.24, 2.45) is 0 Å². The molecule has 0 aliphatic carbocycles. The normalized spacial score (nSPS) is 15.2. The van der Waals surface area contributed by atoms with E-state index in [1.54, 1.807) is 12.3 Å². The van der Waals surface area contributed by atoms with Crippen LogP contribution in [0.15, 0.2) is 18.3 Å². The van der Waals surface area contributed by atoms with Crippen molar-refractivity contribution in [2.45, 2.75) is 0 Å². The molecule has 0 fully saturated rings. The van der Waals surface area contributed by atoms with Gasteiger partial charge in [0.25, 0.3) is 0 Å². The van der Waals surface area contributed by atoms with Gasteiger partial charge in [0.15, 0.2) is 5.82 Å². The Bertz CT molecular complexity index is 340. The van der Waals surface area contributed by atoms with Crippen molar-refractivity contribution in [2.75, 3.05) is 24.0 Å². The summed E-state index contributed by atoms with van der Waals surface area (Å²) >= 11 is 0. The summed E-state index contributed by atoms with van der Waals surface area (Å²) in [5.74, 6) is 0.425. The summed E-state index contributed by atoms with van der Waals surface area (Å²) in [6, 6.07) is 3.63. The molecule has 0 aromatic carbocycles. The Morgan fingerprint density at radius 2 is 2.54 bits per heavy atom. The number of fused-ring (bicyclic) bond motifs is 1. The van der Waals surface area contributed by atoms with Crippen LogP contribution in [0, 0.1) is 0 Å². The van der Waals surface area contributed by atoms with Gasteiger partial charge in [0, 0.05) is 6.20 Å². The molecule has 0 bridgehead atoms. The summed E-state index contributed by atoms with van der Waals surface area (Å²) in [4.78, 5) is 20.2. The highest BCUT2D eigenvalue weighted by Crippen LogP contribution is 2.25. The smallest absolute Gasteiger partial charge is 0.247 e. The fraction of sp³-hybridized carbons (Fsp3) is 0.250. The van der Waals surface area contributed by atoms with Crippen molar-refractivity contribution in [3.05, 3.63) is 18.3 Å². The number of carbonyl (C=O) groups excluding carboxylic acids is 1. The van der Waals surface area contributed by atoms with Gasteiger partial charge in [-0.25, -0.2) is 10.0 Å². The average Bonchev–Trinajstić information content (AvgIpc) is 2.16. The number of amides is 1. The fourth-order valence-corrected chi connectivity index (χ4v) is 1.24. The van der Waals surface area contributed by atoms with E-state index in [4.69, 9.17) is 4.84 Å². The Morgan fingerprint density at radius 1 is 1.69 bits per heavy atom. The van der Waals surface area contributed by atoms with E-state index < -0.39 is 0 Å². The molecule has 0 atom stereocenters. The zero-order chi connectivity index (χ0) is 9.26. The lowest BCUT2D eigenvalue weighted by Gasteiger charge is -2.27. The molecule has 1 aromatic heterocycles. The van der Waals surface area contributed by atoms with E-state index in [-0.39, 0.29) is 12.5 Å². The lowest BCUT2D eigenvalue weighted by molar-refractivity contribution is -0.116. The van der Waals surface area contributed by atoms with Gasteiger partial charge in [-0.3, -0.25) is 9.63 Å². The summed E-state index contributed by atoms with van der Waals surface area (Å²) in [7, 11) is 1.52. The molecular weight excluding hydrogens is 170 g/mol. The van der Waals surface area contributed by atoms with Crippen molar-refractivity contribution < 1.29 is 9.63 Å². The second-order valence-electron chi connectivity index (χ2n) is 2.64. The summed E-state index contributed by atoms with van der Waals surface area (Å²) in [5.41, 5.74) is 0.782. The number of nitrogens with zero attached hydrogens (tertiary/aromatic N) is 2. The third-order valence-electron chi connectivity index (χ3n) is 1.82. The quantitative estimate of drug-likeness (QED) is 0.678. The van der Waals surface area contributed by atoms with E-state index in [9.17, 15) is 4.79 Å². The van der Waals surface area contributed by atoms with Gasteiger partial charge in [0.2, 0.25) is 5.91 Å². The molecule has 0 saturated heterocycles. The van der Waals surface area contributed by atoms with Crippen LogP contribution in [0.25, 0.3) is 0 Å². The van der Waals surface area contributed by atoms with Crippen LogP contribution in [0.2, 0.25) is 0 Å². The molecule has 1 N–H and O–H groups in total. The standard InChI is InChI=1S/C8H9N3O2/c1-13-11-5-7(12)10-8-6(11)3-2-4-9-8/h2-4H,5H2,1H3,(H,9,10,12). The monoisotopic (exact) mass is 179 g/mol. The van der Waals surface area contributed by atoms with Gasteiger partial charge in [-0.1, -0.05) is 0 Å². The number of anilines is 2. The molecule has 13 heavy (non-hydrogen) atoms. The zero-order valence-electron chi connectivity index (χ0n) is 7.15. The number of hydroxylamine groups is 1. The van der Waals surface area contributed by atoms with Crippen LogP contribution in [0.3, 0.4) is 0 Å². The summed E-state index contributed by atoms with van der Waals surface area (Å²) in [6.07, 6.45) is 1.62. The van der Waals surface area contributed by atoms with Crippen molar-refractivity contribution in [3.63, 3.8) is 0 Å². The van der Waals surface area contributed by atoms with Gasteiger partial charge < -0.3 is 5.32 Å². The van der Waals surface area contributed by atoms with Gasteiger partial charge in [0.05, 0.1) is 7.11 Å². The number of hydrogen-bond donors (Lipinski definition) is 1. The van der Waals surface area contributed by atoms with Crippen LogP contribution < -0.4 is 10.4 Å². The number of nitrogens with one attached hydrogen (secondary N) is 1. The predicted molar refractivity (Wildman–Crippen MR) is 47.2 cm³/mol. The molecule has 1 aliphatic heterocycles. The first-order chi connectivity index (χ1) is 6.31. The number of aromatic nitrogens is 1. The molecule has 0 spiro atoms. The SMILES string of the molecule is CON1CC(=O)Nc2ncccc21. The lowest BCUT2D eigenvalue weighted by Crippen LogP contribution is -2.37. The van der Waals surface area contributed by atoms with Crippen LogP contribution in [0.5, 0.6) is 0 Å². The van der Waals surface area contributed by atoms with Crippen LogP contribution in [0.4, 0.5) is 11.5 Å². The maximum atomic E-state index is 11.1. The molecule has 2 rings (SSSR count). The minimum Gasteiger partial charge on any atom is -0.307 e. The van der Waals surface area contributed by atoms with Gasteiger partial charge in [0.1, 0.15) is 12.2 Å². The average molecular weight is 179 g/mol. The Kier molecular flexibility index (Phi) is 1.86. The van der Waals surface area contributed by atoms with E-state index in [0.717, 1.165) is 5.69 Å². The fourth-order valence-electron chi connectivity index (χ4n) is 1.24. The minimum absolute atomic E-state index is 0.118. The first kappa shape index (κ1) is 8.00. The van der Waals surface area contributed by atoms with E-state index in [1.807, 2.05) is 6.07 Å². The van der Waals surface area contributed by atoms with Crippen LogP contribution >= 0.6 is 0 Å². The molecule has 0 radical (unpaired) electrons. The highest BCUT2D eigenvalue weighted by Gasteiger charge is 2.22. The summed E-state index contributed by atoms with van der Waals surface area (Å²) < 4.78 is 0. The van der Waals surface area contributed by atoms with E-state index in [1.165, 1.54) is 12.2 Å². The first-order valence-electron chi connectivity index (χ1n) is 3.88. The molecule has 2 heterocycles. The lowest BCUT2D eigenvalue weighted by atomic mass is 10.3. The number of pyridine rings is 1. The van der Waals surface area contributed by atoms with Crippen LogP contribution in [-0.4, -0.2) is 24.5 Å². The molecule has 1 aliphatic rings. The van der Waals surface area contributed by atoms with Crippen molar-refractivity contribution >= 4 is 17.4 Å².